The zero-order valence-corrected chi connectivity index (χ0v) is 23.1. The van der Waals surface area contributed by atoms with E-state index in [4.69, 9.17) is 9.63 Å². The van der Waals surface area contributed by atoms with Gasteiger partial charge in [0, 0.05) is 0 Å². The van der Waals surface area contributed by atoms with Gasteiger partial charge in [0.05, 0.1) is 0 Å². The Balaban J connectivity index is 0.00000338. The van der Waals surface area contributed by atoms with Crippen LogP contribution in [0.1, 0.15) is 18.4 Å². The van der Waals surface area contributed by atoms with E-state index in [9.17, 15) is 22.4 Å². The van der Waals surface area contributed by atoms with Crippen molar-refractivity contribution in [3.8, 4) is 11.5 Å². The molecular weight excluding hydrogens is 445 g/mol. The van der Waals surface area contributed by atoms with Crippen LogP contribution in [0.15, 0.2) is 54.6 Å². The van der Waals surface area contributed by atoms with Crippen LogP contribution in [0.2, 0.25) is 0 Å². The van der Waals surface area contributed by atoms with E-state index in [-0.39, 0.29) is 109 Å². The van der Waals surface area contributed by atoms with Crippen LogP contribution in [0, 0.1) is 0 Å². The van der Waals surface area contributed by atoms with E-state index in [1.54, 1.807) is 36.4 Å². The molecule has 0 spiro atoms. The summed E-state index contributed by atoms with van der Waals surface area (Å²) >= 11 is 0. The van der Waals surface area contributed by atoms with E-state index in [2.05, 4.69) is 0 Å². The Morgan fingerprint density at radius 2 is 1.63 bits per heavy atom. The molecule has 7 nitrogen and oxygen atoms in total. The molecule has 2 aromatic rings. The average molecular weight is 463 g/mol. The van der Waals surface area contributed by atoms with Crippen molar-refractivity contribution in [1.29, 1.82) is 0 Å². The average Bonchev–Trinajstić information content (AvgIpc) is 2.50. The molecule has 0 saturated carbocycles. The van der Waals surface area contributed by atoms with Crippen LogP contribution in [0.4, 0.5) is 0 Å². The molecule has 1 N–H and O–H groups in total. The Morgan fingerprint density at radius 1 is 1.04 bits per heavy atom. The number of rotatable bonds is 8. The molecule has 27 heavy (non-hydrogen) atoms. The van der Waals surface area contributed by atoms with Crippen molar-refractivity contribution >= 4 is 17.7 Å². The fourth-order valence-electron chi connectivity index (χ4n) is 2.34. The third-order valence-corrected chi connectivity index (χ3v) is 6.95. The number of ether oxygens (including phenoxy) is 1. The monoisotopic (exact) mass is 462 g/mol. The van der Waals surface area contributed by atoms with Crippen molar-refractivity contribution in [1.82, 2.24) is 0 Å². The van der Waals surface area contributed by atoms with Gasteiger partial charge in [-0.2, -0.15) is 0 Å². The van der Waals surface area contributed by atoms with Crippen LogP contribution in [-0.4, -0.2) is 22.9 Å². The summed E-state index contributed by atoms with van der Waals surface area (Å²) in [6.07, 6.45) is -0.0292. The summed E-state index contributed by atoms with van der Waals surface area (Å²) in [6.45, 7) is 0. The molecule has 0 amide bonds. The Bertz CT molecular complexity index is 856. The second-order valence-electron chi connectivity index (χ2n) is 5.47. The number of aryl methyl sites for hydroxylation is 1. The summed E-state index contributed by atoms with van der Waals surface area (Å²) in [5, 5.41) is 0. The van der Waals surface area contributed by atoms with Gasteiger partial charge in [0.25, 0.3) is 0 Å². The molecule has 0 aliphatic heterocycles. The van der Waals surface area contributed by atoms with Crippen LogP contribution >= 0.6 is 7.60 Å². The van der Waals surface area contributed by atoms with Gasteiger partial charge < -0.3 is 23.6 Å². The van der Waals surface area contributed by atoms with Crippen molar-refractivity contribution in [2.75, 3.05) is 0 Å². The standard InChI is InChI=1S/C16H19O7PS.2K/c17-24(18,19)16(25(20,21)22)11-5-7-13-6-4-10-15(12-13)23-14-8-2-1-3-9-14;;/h1-4,6,8-10,12,16H,5,7,11H2,(H2,17,18,19)(H,20,21,22);;/q;2*+1/p-2. The normalized spacial score (nSPS) is 14.2. The van der Waals surface area contributed by atoms with Crippen LogP contribution < -0.4 is 112 Å². The molecule has 0 radical (unpaired) electrons. The topological polar surface area (TPSA) is 127 Å². The van der Waals surface area contributed by atoms with E-state index in [1.165, 1.54) is 0 Å². The predicted molar refractivity (Wildman–Crippen MR) is 89.2 cm³/mol. The van der Waals surface area contributed by atoms with Gasteiger partial charge in [-0.15, -0.1) is 0 Å². The van der Waals surface area contributed by atoms with Gasteiger partial charge >= 0.3 is 103 Å². The van der Waals surface area contributed by atoms with Gasteiger partial charge in [0.1, 0.15) is 34.2 Å². The number of hydrogen-bond donors (Lipinski definition) is 1. The summed E-state index contributed by atoms with van der Waals surface area (Å²) in [5.74, 6) is 1.23. The van der Waals surface area contributed by atoms with Crippen molar-refractivity contribution in [3.05, 3.63) is 60.2 Å². The predicted octanol–water partition coefficient (Wildman–Crippen LogP) is -3.77. The third kappa shape index (κ3) is 10.4. The SMILES string of the molecule is O=P([O-])(O)C(CCCc1cccc(Oc2ccccc2)c1)S(=O)(=O)[O-].[K+].[K+]. The second-order valence-corrected chi connectivity index (χ2v) is 9.12. The molecule has 136 valence electrons. The van der Waals surface area contributed by atoms with E-state index < -0.39 is 29.1 Å². The Hall–Kier alpha value is 1.57. The molecule has 0 aliphatic rings. The molecular formula is C16H17K2O7PS. The van der Waals surface area contributed by atoms with Crippen molar-refractivity contribution < 1.29 is 135 Å². The Kier molecular flexibility index (Phi) is 13.8. The first-order chi connectivity index (χ1) is 11.7. The summed E-state index contributed by atoms with van der Waals surface area (Å²) in [5.41, 5.74) is 0.786. The molecule has 0 bridgehead atoms. The van der Waals surface area contributed by atoms with Gasteiger partial charge in [0.2, 0.25) is 0 Å². The van der Waals surface area contributed by atoms with E-state index in [0.29, 0.717) is 17.9 Å². The molecule has 0 aromatic heterocycles. The molecule has 2 atom stereocenters. The van der Waals surface area contributed by atoms with Gasteiger partial charge in [-0.3, -0.25) is 0 Å². The minimum atomic E-state index is -5.25. The van der Waals surface area contributed by atoms with Gasteiger partial charge in [-0.25, -0.2) is 8.42 Å². The first-order valence-corrected chi connectivity index (χ1v) is 10.6. The Morgan fingerprint density at radius 3 is 2.19 bits per heavy atom. The zero-order valence-electron chi connectivity index (χ0n) is 15.1. The quantitative estimate of drug-likeness (QED) is 0.242. The summed E-state index contributed by atoms with van der Waals surface area (Å²) < 4.78 is 49.6. The fourth-order valence-corrected chi connectivity index (χ4v) is 4.61. The largest absolute Gasteiger partial charge is 1.00 e. The van der Waals surface area contributed by atoms with Crippen LogP contribution in [-0.2, 0) is 21.1 Å². The Labute approximate surface area is 244 Å². The van der Waals surface area contributed by atoms with Crippen LogP contribution in [0.25, 0.3) is 0 Å². The van der Waals surface area contributed by atoms with E-state index in [1.807, 2.05) is 18.2 Å². The first-order valence-electron chi connectivity index (χ1n) is 7.46. The smallest absolute Gasteiger partial charge is 0.778 e. The zero-order chi connectivity index (χ0) is 18.5. The van der Waals surface area contributed by atoms with Crippen molar-refractivity contribution in [2.45, 2.75) is 24.3 Å². The van der Waals surface area contributed by atoms with Crippen molar-refractivity contribution in [3.63, 3.8) is 0 Å². The van der Waals surface area contributed by atoms with Gasteiger partial charge in [0.15, 0.2) is 0 Å². The number of para-hydroxylation sites is 1. The molecule has 0 heterocycles. The van der Waals surface area contributed by atoms with Gasteiger partial charge in [-0.05, 0) is 49.1 Å². The van der Waals surface area contributed by atoms with Crippen molar-refractivity contribution in [2.24, 2.45) is 0 Å². The fraction of sp³-hybridized carbons (Fsp3) is 0.250. The number of hydrogen-bond acceptors (Lipinski definition) is 6. The van der Waals surface area contributed by atoms with Crippen LogP contribution in [0.5, 0.6) is 11.5 Å². The maximum atomic E-state index is 11.1. The minimum absolute atomic E-state index is 0. The molecule has 2 unspecified atom stereocenters. The summed E-state index contributed by atoms with van der Waals surface area (Å²) in [6, 6.07) is 16.1. The molecule has 2 aromatic carbocycles. The van der Waals surface area contributed by atoms with Gasteiger partial charge in [-0.1, -0.05) is 30.3 Å². The molecule has 0 saturated heterocycles. The second kappa shape index (κ2) is 13.1. The molecule has 0 aliphatic carbocycles. The maximum absolute atomic E-state index is 11.1. The summed E-state index contributed by atoms with van der Waals surface area (Å²) in [7, 11) is -10.4. The summed E-state index contributed by atoms with van der Waals surface area (Å²) in [4.78, 5) is 17.7. The molecule has 0 fully saturated rings. The molecule has 11 heteroatoms. The van der Waals surface area contributed by atoms with E-state index in [0.717, 1.165) is 5.56 Å². The maximum Gasteiger partial charge on any atom is 1.00 e. The number of benzene rings is 2. The first kappa shape index (κ1) is 28.6. The minimum Gasteiger partial charge on any atom is -0.778 e. The van der Waals surface area contributed by atoms with E-state index >= 15 is 0 Å². The molecule has 2 rings (SSSR count). The van der Waals surface area contributed by atoms with Crippen LogP contribution in [0.3, 0.4) is 0 Å². The third-order valence-electron chi connectivity index (χ3n) is 3.49.